The third kappa shape index (κ3) is 10.9. The maximum atomic E-state index is 12.9. The van der Waals surface area contributed by atoms with Gasteiger partial charge in [0.25, 0.3) is 0 Å². The first-order valence-corrected chi connectivity index (χ1v) is 11.2. The van der Waals surface area contributed by atoms with Crippen LogP contribution >= 0.6 is 0 Å². The van der Waals surface area contributed by atoms with E-state index in [-0.39, 0.29) is 31.6 Å². The number of imidazole rings is 1. The van der Waals surface area contributed by atoms with E-state index < -0.39 is 66.2 Å². The Bertz CT molecular complexity index is 935. The summed E-state index contributed by atoms with van der Waals surface area (Å²) in [5.74, 6) is -6.34. The summed E-state index contributed by atoms with van der Waals surface area (Å²) in [6, 6.07) is -5.44. The number of primary amides is 1. The zero-order valence-corrected chi connectivity index (χ0v) is 20.0. The number of carbonyl (C=O) groups excluding carboxylic acids is 4. The highest BCUT2D eigenvalue weighted by Gasteiger charge is 2.31. The van der Waals surface area contributed by atoms with Crippen LogP contribution in [0.15, 0.2) is 12.5 Å². The minimum atomic E-state index is -1.61. The van der Waals surface area contributed by atoms with Crippen molar-refractivity contribution < 1.29 is 39.0 Å². The third-order valence-corrected chi connectivity index (χ3v) is 4.98. The average Bonchev–Trinajstić information content (AvgIpc) is 3.27. The summed E-state index contributed by atoms with van der Waals surface area (Å²) in [6.45, 7) is 3.51. The van der Waals surface area contributed by atoms with Crippen LogP contribution < -0.4 is 27.4 Å². The van der Waals surface area contributed by atoms with E-state index in [9.17, 15) is 39.0 Å². The van der Waals surface area contributed by atoms with Crippen molar-refractivity contribution in [3.63, 3.8) is 0 Å². The van der Waals surface area contributed by atoms with E-state index in [1.54, 1.807) is 13.8 Å². The van der Waals surface area contributed by atoms with Gasteiger partial charge in [0.05, 0.1) is 18.8 Å². The van der Waals surface area contributed by atoms with Crippen LogP contribution in [0.25, 0.3) is 0 Å². The summed E-state index contributed by atoms with van der Waals surface area (Å²) < 4.78 is 0. The number of nitrogens with two attached hydrogens (primary N) is 2. The number of hydrogen-bond donors (Lipinski definition) is 8. The van der Waals surface area contributed by atoms with E-state index in [0.717, 1.165) is 0 Å². The van der Waals surface area contributed by atoms with Crippen LogP contribution in [0, 0.1) is 5.92 Å². The van der Waals surface area contributed by atoms with Crippen molar-refractivity contribution in [3.8, 4) is 0 Å². The monoisotopic (exact) mass is 511 g/mol. The Morgan fingerprint density at radius 2 is 1.56 bits per heavy atom. The molecule has 10 N–H and O–H groups in total. The molecule has 0 spiro atoms. The molecule has 4 amide bonds. The number of aromatic amines is 1. The van der Waals surface area contributed by atoms with Crippen molar-refractivity contribution in [2.24, 2.45) is 17.4 Å². The van der Waals surface area contributed by atoms with E-state index in [1.807, 2.05) is 0 Å². The number of carboxylic acid groups (broad SMARTS) is 2. The topological polar surface area (TPSA) is 260 Å². The van der Waals surface area contributed by atoms with Gasteiger partial charge in [-0.2, -0.15) is 0 Å². The Labute approximate surface area is 206 Å². The van der Waals surface area contributed by atoms with Gasteiger partial charge in [-0.1, -0.05) is 13.8 Å². The molecule has 4 unspecified atom stereocenters. The summed E-state index contributed by atoms with van der Waals surface area (Å²) in [5.41, 5.74) is 11.5. The molecule has 15 nitrogen and oxygen atoms in total. The van der Waals surface area contributed by atoms with Crippen LogP contribution in [0.5, 0.6) is 0 Å². The predicted octanol–water partition coefficient (Wildman–Crippen LogP) is -2.40. The van der Waals surface area contributed by atoms with Crippen LogP contribution in [0.2, 0.25) is 0 Å². The smallest absolute Gasteiger partial charge is 0.326 e. The summed E-state index contributed by atoms with van der Waals surface area (Å²) in [6.07, 6.45) is 1.52. The molecule has 1 aromatic rings. The van der Waals surface area contributed by atoms with E-state index in [2.05, 4.69) is 25.9 Å². The second kappa shape index (κ2) is 14.4. The molecule has 0 aromatic carbocycles. The lowest BCUT2D eigenvalue weighted by Crippen LogP contribution is -2.57. The van der Waals surface area contributed by atoms with Crippen molar-refractivity contribution in [1.29, 1.82) is 0 Å². The normalized spacial score (nSPS) is 14.2. The highest BCUT2D eigenvalue weighted by atomic mass is 16.4. The Kier molecular flexibility index (Phi) is 12.0. The number of amides is 4. The summed E-state index contributed by atoms with van der Waals surface area (Å²) in [4.78, 5) is 78.7. The molecule has 0 bridgehead atoms. The maximum Gasteiger partial charge on any atom is 0.326 e. The van der Waals surface area contributed by atoms with Gasteiger partial charge in [-0.15, -0.1) is 0 Å². The van der Waals surface area contributed by atoms with Crippen LogP contribution in [-0.2, 0) is 35.2 Å². The average molecular weight is 512 g/mol. The lowest BCUT2D eigenvalue weighted by atomic mass is 10.0. The van der Waals surface area contributed by atoms with Crippen LogP contribution in [-0.4, -0.2) is 79.9 Å². The van der Waals surface area contributed by atoms with Gasteiger partial charge >= 0.3 is 11.9 Å². The molecule has 0 aliphatic carbocycles. The van der Waals surface area contributed by atoms with Gasteiger partial charge in [-0.25, -0.2) is 9.78 Å². The number of rotatable bonds is 16. The third-order valence-electron chi connectivity index (χ3n) is 4.98. The van der Waals surface area contributed by atoms with Gasteiger partial charge in [0.15, 0.2) is 0 Å². The Balaban J connectivity index is 2.99. The highest BCUT2D eigenvalue weighted by molar-refractivity contribution is 5.95. The lowest BCUT2D eigenvalue weighted by molar-refractivity contribution is -0.143. The quantitative estimate of drug-likeness (QED) is 0.117. The first-order valence-electron chi connectivity index (χ1n) is 11.2. The number of nitrogens with zero attached hydrogens (tertiary/aromatic N) is 1. The molecule has 0 aliphatic heterocycles. The molecule has 1 aromatic heterocycles. The zero-order chi connectivity index (χ0) is 27.4. The van der Waals surface area contributed by atoms with Crippen LogP contribution in [0.3, 0.4) is 0 Å². The number of aromatic nitrogens is 2. The van der Waals surface area contributed by atoms with Gasteiger partial charge in [-0.05, 0) is 18.8 Å². The minimum Gasteiger partial charge on any atom is -0.481 e. The van der Waals surface area contributed by atoms with Crippen LogP contribution in [0.1, 0.15) is 45.2 Å². The second-order valence-corrected chi connectivity index (χ2v) is 8.64. The molecular weight excluding hydrogens is 478 g/mol. The molecule has 4 atom stereocenters. The largest absolute Gasteiger partial charge is 0.481 e. The van der Waals surface area contributed by atoms with Crippen molar-refractivity contribution in [1.82, 2.24) is 25.9 Å². The van der Waals surface area contributed by atoms with E-state index in [1.165, 1.54) is 12.5 Å². The number of aliphatic carboxylic acids is 2. The number of carboxylic acids is 2. The van der Waals surface area contributed by atoms with E-state index >= 15 is 0 Å². The number of hydrogen-bond acceptors (Lipinski definition) is 8. The standard InChI is InChI=1S/C21H33N7O8/c1-10(2)5-15(21(35)36)28-19(33)13(3-4-16(23)29)26-20(34)14(7-17(30)31)27-18(32)12(22)6-11-8-24-9-25-11/h8-10,12-15H,3-7,22H2,1-2H3,(H2,23,29)(H,24,25)(H,26,34)(H,27,32)(H,28,33)(H,30,31)(H,35,36). The lowest BCUT2D eigenvalue weighted by Gasteiger charge is -2.25. The number of nitrogens with one attached hydrogen (secondary N) is 4. The van der Waals surface area contributed by atoms with Crippen molar-refractivity contribution in [2.45, 2.75) is 70.1 Å². The number of carbonyl (C=O) groups is 6. The van der Waals surface area contributed by atoms with Crippen molar-refractivity contribution in [2.75, 3.05) is 0 Å². The van der Waals surface area contributed by atoms with Gasteiger partial charge in [0.1, 0.15) is 18.1 Å². The second-order valence-electron chi connectivity index (χ2n) is 8.64. The van der Waals surface area contributed by atoms with Gasteiger partial charge in [-0.3, -0.25) is 24.0 Å². The molecule has 15 heteroatoms. The van der Waals surface area contributed by atoms with Gasteiger partial charge < -0.3 is 42.6 Å². The predicted molar refractivity (Wildman–Crippen MR) is 124 cm³/mol. The van der Waals surface area contributed by atoms with Crippen molar-refractivity contribution in [3.05, 3.63) is 18.2 Å². The molecule has 200 valence electrons. The van der Waals surface area contributed by atoms with Crippen LogP contribution in [0.4, 0.5) is 0 Å². The molecule has 36 heavy (non-hydrogen) atoms. The molecule has 0 aliphatic rings. The summed E-state index contributed by atoms with van der Waals surface area (Å²) >= 11 is 0. The fourth-order valence-electron chi connectivity index (χ4n) is 3.18. The molecule has 0 saturated carbocycles. The maximum absolute atomic E-state index is 12.9. The van der Waals surface area contributed by atoms with Crippen molar-refractivity contribution >= 4 is 35.6 Å². The van der Waals surface area contributed by atoms with E-state index in [0.29, 0.717) is 5.69 Å². The summed E-state index contributed by atoms with van der Waals surface area (Å²) in [5, 5.41) is 25.4. The molecule has 0 fully saturated rings. The fraction of sp³-hybridized carbons (Fsp3) is 0.571. The Hall–Kier alpha value is -4.01. The molecular formula is C21H33N7O8. The van der Waals surface area contributed by atoms with Gasteiger partial charge in [0, 0.05) is 24.7 Å². The highest BCUT2D eigenvalue weighted by Crippen LogP contribution is 2.07. The first kappa shape index (κ1) is 30.0. The molecule has 0 saturated heterocycles. The van der Waals surface area contributed by atoms with E-state index in [4.69, 9.17) is 11.5 Å². The van der Waals surface area contributed by atoms with Gasteiger partial charge in [0.2, 0.25) is 23.6 Å². The Morgan fingerprint density at radius 3 is 2.06 bits per heavy atom. The first-order chi connectivity index (χ1) is 16.8. The SMILES string of the molecule is CC(C)CC(NC(=O)C(CCC(N)=O)NC(=O)C(CC(=O)O)NC(=O)C(N)Cc1cnc[nH]1)C(=O)O. The molecule has 1 rings (SSSR count). The molecule has 1 heterocycles. The Morgan fingerprint density at radius 1 is 0.972 bits per heavy atom. The summed E-state index contributed by atoms with van der Waals surface area (Å²) in [7, 11) is 0. The fourth-order valence-corrected chi connectivity index (χ4v) is 3.18. The number of H-pyrrole nitrogens is 1. The zero-order valence-electron chi connectivity index (χ0n) is 20.0. The molecule has 0 radical (unpaired) electrons. The minimum absolute atomic E-state index is 0.0311.